The summed E-state index contributed by atoms with van der Waals surface area (Å²) in [5, 5.41) is 6.01. The number of halogens is 1. The van der Waals surface area contributed by atoms with E-state index in [0.29, 0.717) is 13.0 Å². The topological polar surface area (TPSA) is 76.2 Å². The summed E-state index contributed by atoms with van der Waals surface area (Å²) in [6, 6.07) is 24.0. The van der Waals surface area contributed by atoms with Gasteiger partial charge in [-0.15, -0.1) is 0 Å². The number of hydrazine groups is 1. The van der Waals surface area contributed by atoms with Crippen molar-refractivity contribution in [1.29, 1.82) is 0 Å². The number of carbonyl (C=O) groups excluding carboxylic acids is 3. The molecule has 2 fully saturated rings. The molecule has 38 heavy (non-hydrogen) atoms. The van der Waals surface area contributed by atoms with E-state index >= 15 is 0 Å². The first-order valence-electron chi connectivity index (χ1n) is 12.6. The molecule has 5 rings (SSSR count). The molecule has 0 bridgehead atoms. The van der Waals surface area contributed by atoms with Crippen LogP contribution in [-0.4, -0.2) is 70.0 Å². The largest absolute Gasteiger partial charge is 0.334 e. The number of carbonyl (C=O) groups is 3. The van der Waals surface area contributed by atoms with Crippen LogP contribution in [0, 0.1) is 5.82 Å². The SMILES string of the molecule is CN1CC(=O)N2[C@@H](Cc3ccccc3)C(=O)N(Cc3ccccc3)C[C@@H]2N1C(=O)NCc1ccc(F)cc1. The van der Waals surface area contributed by atoms with Crippen LogP contribution in [0.3, 0.4) is 0 Å². The van der Waals surface area contributed by atoms with E-state index in [1.54, 1.807) is 34.0 Å². The maximum absolute atomic E-state index is 13.8. The Bertz CT molecular complexity index is 1290. The minimum Gasteiger partial charge on any atom is -0.333 e. The highest BCUT2D eigenvalue weighted by Crippen LogP contribution is 2.28. The van der Waals surface area contributed by atoms with Crippen LogP contribution < -0.4 is 5.32 Å². The third-order valence-electron chi connectivity index (χ3n) is 6.99. The summed E-state index contributed by atoms with van der Waals surface area (Å²) in [4.78, 5) is 43.9. The van der Waals surface area contributed by atoms with Crippen molar-refractivity contribution in [3.05, 3.63) is 107 Å². The number of piperazine rings is 1. The molecule has 0 spiro atoms. The Kier molecular flexibility index (Phi) is 7.37. The van der Waals surface area contributed by atoms with Crippen LogP contribution in [0.4, 0.5) is 9.18 Å². The number of nitrogens with zero attached hydrogens (tertiary/aromatic N) is 4. The summed E-state index contributed by atoms with van der Waals surface area (Å²) in [6.45, 7) is 0.721. The van der Waals surface area contributed by atoms with Gasteiger partial charge in [0.2, 0.25) is 11.8 Å². The zero-order valence-electron chi connectivity index (χ0n) is 21.2. The molecule has 2 aliphatic rings. The fourth-order valence-electron chi connectivity index (χ4n) is 5.15. The molecule has 0 aliphatic carbocycles. The van der Waals surface area contributed by atoms with Crippen LogP contribution in [0.5, 0.6) is 0 Å². The maximum atomic E-state index is 13.8. The summed E-state index contributed by atoms with van der Waals surface area (Å²) >= 11 is 0. The minimum absolute atomic E-state index is 0.0300. The van der Waals surface area contributed by atoms with Gasteiger partial charge in [-0.1, -0.05) is 72.8 Å². The molecule has 8 nitrogen and oxygen atoms in total. The molecular formula is C29H30FN5O3. The van der Waals surface area contributed by atoms with Gasteiger partial charge in [-0.2, -0.15) is 0 Å². The quantitative estimate of drug-likeness (QED) is 0.548. The molecule has 0 unspecified atom stereocenters. The van der Waals surface area contributed by atoms with Crippen LogP contribution in [0.2, 0.25) is 0 Å². The van der Waals surface area contributed by atoms with E-state index in [4.69, 9.17) is 0 Å². The smallest absolute Gasteiger partial charge is 0.333 e. The number of urea groups is 1. The zero-order chi connectivity index (χ0) is 26.6. The van der Waals surface area contributed by atoms with Crippen LogP contribution in [0.25, 0.3) is 0 Å². The monoisotopic (exact) mass is 515 g/mol. The Balaban J connectivity index is 1.43. The first-order chi connectivity index (χ1) is 18.4. The standard InChI is InChI=1S/C29H30FN5O3/c1-32-20-27(36)34-25(16-21-8-4-2-5-9-21)28(37)33(18-23-10-6-3-7-11-23)19-26(34)35(32)29(38)31-17-22-12-14-24(30)15-13-22/h2-15,25-26H,16-20H2,1H3,(H,31,38)/t25-,26-/m0/s1. The fraction of sp³-hybridized carbons (Fsp3) is 0.276. The predicted octanol–water partition coefficient (Wildman–Crippen LogP) is 3.01. The first-order valence-corrected chi connectivity index (χ1v) is 12.6. The third-order valence-corrected chi connectivity index (χ3v) is 6.99. The number of nitrogens with one attached hydrogen (secondary N) is 1. The van der Waals surface area contributed by atoms with E-state index < -0.39 is 18.2 Å². The fourth-order valence-corrected chi connectivity index (χ4v) is 5.15. The molecule has 4 amide bonds. The van der Waals surface area contributed by atoms with Crippen molar-refractivity contribution in [2.24, 2.45) is 0 Å². The second-order valence-corrected chi connectivity index (χ2v) is 9.64. The van der Waals surface area contributed by atoms with E-state index in [1.807, 2.05) is 60.7 Å². The van der Waals surface area contributed by atoms with Crippen molar-refractivity contribution < 1.29 is 18.8 Å². The number of fused-ring (bicyclic) bond motifs is 1. The lowest BCUT2D eigenvalue weighted by atomic mass is 9.98. The number of hydrogen-bond acceptors (Lipinski definition) is 4. The molecule has 2 atom stereocenters. The Morgan fingerprint density at radius 2 is 1.53 bits per heavy atom. The summed E-state index contributed by atoms with van der Waals surface area (Å²) in [7, 11) is 1.69. The highest BCUT2D eigenvalue weighted by Gasteiger charge is 2.50. The Morgan fingerprint density at radius 3 is 2.18 bits per heavy atom. The van der Waals surface area contributed by atoms with Gasteiger partial charge in [-0.3, -0.25) is 9.59 Å². The molecule has 0 radical (unpaired) electrons. The van der Waals surface area contributed by atoms with Crippen molar-refractivity contribution in [2.75, 3.05) is 20.1 Å². The molecule has 9 heteroatoms. The molecule has 3 aromatic rings. The number of hydrogen-bond donors (Lipinski definition) is 1. The molecule has 2 saturated heterocycles. The van der Waals surface area contributed by atoms with E-state index in [9.17, 15) is 18.8 Å². The summed E-state index contributed by atoms with van der Waals surface area (Å²) in [5.41, 5.74) is 2.65. The van der Waals surface area contributed by atoms with Crippen molar-refractivity contribution in [1.82, 2.24) is 25.1 Å². The van der Waals surface area contributed by atoms with Gasteiger partial charge in [0, 0.05) is 26.6 Å². The molecule has 3 aromatic carbocycles. The summed E-state index contributed by atoms with van der Waals surface area (Å²) in [5.74, 6) is -0.688. The molecule has 1 N–H and O–H groups in total. The number of amides is 4. The van der Waals surface area contributed by atoms with Crippen LogP contribution in [-0.2, 0) is 29.1 Å². The lowest BCUT2D eigenvalue weighted by Crippen LogP contribution is -2.76. The second-order valence-electron chi connectivity index (χ2n) is 9.64. The van der Waals surface area contributed by atoms with Gasteiger partial charge >= 0.3 is 6.03 Å². The van der Waals surface area contributed by atoms with Gasteiger partial charge in [0.15, 0.2) is 0 Å². The van der Waals surface area contributed by atoms with Crippen molar-refractivity contribution >= 4 is 17.8 Å². The highest BCUT2D eigenvalue weighted by molar-refractivity contribution is 5.91. The lowest BCUT2D eigenvalue weighted by Gasteiger charge is -2.54. The average Bonchev–Trinajstić information content (AvgIpc) is 2.91. The highest BCUT2D eigenvalue weighted by atomic mass is 19.1. The number of rotatable bonds is 6. The third kappa shape index (κ3) is 5.38. The Labute approximate surface area is 221 Å². The van der Waals surface area contributed by atoms with Gasteiger partial charge in [-0.05, 0) is 28.8 Å². The molecule has 2 heterocycles. The second kappa shape index (κ2) is 11.0. The maximum Gasteiger partial charge on any atom is 0.334 e. The van der Waals surface area contributed by atoms with Crippen molar-refractivity contribution in [3.8, 4) is 0 Å². The Hall–Kier alpha value is -4.24. The predicted molar refractivity (Wildman–Crippen MR) is 140 cm³/mol. The molecule has 196 valence electrons. The van der Waals surface area contributed by atoms with E-state index in [-0.39, 0.29) is 37.3 Å². The summed E-state index contributed by atoms with van der Waals surface area (Å²) in [6.07, 6.45) is -0.327. The zero-order valence-corrected chi connectivity index (χ0v) is 21.2. The molecular weight excluding hydrogens is 485 g/mol. The van der Waals surface area contributed by atoms with Crippen LogP contribution in [0.1, 0.15) is 16.7 Å². The molecule has 0 saturated carbocycles. The molecule has 0 aromatic heterocycles. The Morgan fingerprint density at radius 1 is 0.895 bits per heavy atom. The average molecular weight is 516 g/mol. The van der Waals surface area contributed by atoms with Gasteiger partial charge < -0.3 is 15.1 Å². The lowest BCUT2D eigenvalue weighted by molar-refractivity contribution is -0.187. The van der Waals surface area contributed by atoms with Gasteiger partial charge in [-0.25, -0.2) is 19.2 Å². The first kappa shape index (κ1) is 25.4. The number of benzene rings is 3. The van der Waals surface area contributed by atoms with Gasteiger partial charge in [0.1, 0.15) is 18.0 Å². The number of likely N-dealkylation sites (N-methyl/N-ethyl adjacent to an activating group) is 1. The van der Waals surface area contributed by atoms with Gasteiger partial charge in [0.05, 0.1) is 13.1 Å². The van der Waals surface area contributed by atoms with E-state index in [0.717, 1.165) is 16.7 Å². The summed E-state index contributed by atoms with van der Waals surface area (Å²) < 4.78 is 13.3. The minimum atomic E-state index is -0.742. The van der Waals surface area contributed by atoms with Crippen molar-refractivity contribution in [2.45, 2.75) is 31.7 Å². The van der Waals surface area contributed by atoms with Gasteiger partial charge in [0.25, 0.3) is 0 Å². The van der Waals surface area contributed by atoms with Crippen molar-refractivity contribution in [3.63, 3.8) is 0 Å². The van der Waals surface area contributed by atoms with E-state index in [2.05, 4.69) is 5.32 Å². The molecule has 2 aliphatic heterocycles. The van der Waals surface area contributed by atoms with Crippen LogP contribution >= 0.6 is 0 Å². The normalized spacial score (nSPS) is 19.9. The van der Waals surface area contributed by atoms with E-state index in [1.165, 1.54) is 17.1 Å². The van der Waals surface area contributed by atoms with Crippen LogP contribution in [0.15, 0.2) is 84.9 Å².